The van der Waals surface area contributed by atoms with Gasteiger partial charge in [0.15, 0.2) is 0 Å². The first-order valence-electron chi connectivity index (χ1n) is 6.49. The summed E-state index contributed by atoms with van der Waals surface area (Å²) in [7, 11) is 3.00. The van der Waals surface area contributed by atoms with Crippen LogP contribution in [-0.2, 0) is 14.1 Å². The van der Waals surface area contributed by atoms with E-state index in [-0.39, 0.29) is 22.2 Å². The number of aryl methyl sites for hydroxylation is 1. The standard InChI is InChI=1S/C13H22N4O2/c1-12(2)8(13(12,3)4)7-14-9-10(18)16(5)11(19)17(6)15-9/h8H,7H2,1-6H3,(H,14,15). The summed E-state index contributed by atoms with van der Waals surface area (Å²) in [4.78, 5) is 23.5. The summed E-state index contributed by atoms with van der Waals surface area (Å²) in [5, 5.41) is 7.08. The van der Waals surface area contributed by atoms with Crippen molar-refractivity contribution in [2.75, 3.05) is 11.9 Å². The molecule has 1 fully saturated rings. The van der Waals surface area contributed by atoms with Crippen LogP contribution in [0.3, 0.4) is 0 Å². The molecule has 6 heteroatoms. The van der Waals surface area contributed by atoms with E-state index in [9.17, 15) is 9.59 Å². The van der Waals surface area contributed by atoms with Gasteiger partial charge in [-0.2, -0.15) is 0 Å². The van der Waals surface area contributed by atoms with Gasteiger partial charge in [0.2, 0.25) is 5.82 Å². The molecule has 1 aliphatic carbocycles. The second-order valence-corrected chi connectivity index (χ2v) is 6.50. The molecule has 0 spiro atoms. The first-order chi connectivity index (χ1) is 8.60. The van der Waals surface area contributed by atoms with E-state index in [1.807, 2.05) is 0 Å². The number of hydrogen-bond acceptors (Lipinski definition) is 4. The molecule has 1 N–H and O–H groups in total. The summed E-state index contributed by atoms with van der Waals surface area (Å²) >= 11 is 0. The third kappa shape index (κ3) is 1.89. The highest BCUT2D eigenvalue weighted by Gasteiger charge is 2.64. The Morgan fingerprint density at radius 2 is 1.68 bits per heavy atom. The SMILES string of the molecule is Cn1nc(NCC2C(C)(C)C2(C)C)c(=O)n(C)c1=O. The van der Waals surface area contributed by atoms with Gasteiger partial charge in [-0.3, -0.25) is 9.36 Å². The molecule has 1 aromatic heterocycles. The smallest absolute Gasteiger partial charge is 0.346 e. The zero-order valence-electron chi connectivity index (χ0n) is 12.4. The first kappa shape index (κ1) is 13.8. The molecule has 0 atom stereocenters. The third-order valence-electron chi connectivity index (χ3n) is 5.11. The fourth-order valence-electron chi connectivity index (χ4n) is 2.85. The van der Waals surface area contributed by atoms with Gasteiger partial charge in [-0.15, -0.1) is 5.10 Å². The molecule has 0 aliphatic heterocycles. The molecule has 0 amide bonds. The number of rotatable bonds is 3. The van der Waals surface area contributed by atoms with Crippen molar-refractivity contribution in [3.63, 3.8) is 0 Å². The van der Waals surface area contributed by atoms with Gasteiger partial charge in [0.1, 0.15) is 0 Å². The number of nitrogens with zero attached hydrogens (tertiary/aromatic N) is 3. The zero-order chi connectivity index (χ0) is 14.6. The predicted molar refractivity (Wildman–Crippen MR) is 74.3 cm³/mol. The van der Waals surface area contributed by atoms with E-state index in [4.69, 9.17) is 0 Å². The Morgan fingerprint density at radius 3 is 2.16 bits per heavy atom. The summed E-state index contributed by atoms with van der Waals surface area (Å²) < 4.78 is 2.24. The van der Waals surface area contributed by atoms with Crippen LogP contribution in [0.15, 0.2) is 9.59 Å². The lowest BCUT2D eigenvalue weighted by Gasteiger charge is -2.08. The van der Waals surface area contributed by atoms with Crippen molar-refractivity contribution in [1.82, 2.24) is 14.3 Å². The van der Waals surface area contributed by atoms with Crippen molar-refractivity contribution in [1.29, 1.82) is 0 Å². The lowest BCUT2D eigenvalue weighted by molar-refractivity contribution is 0.457. The highest BCUT2D eigenvalue weighted by atomic mass is 16.2. The van der Waals surface area contributed by atoms with E-state index < -0.39 is 5.69 Å². The molecular weight excluding hydrogens is 244 g/mol. The molecule has 1 saturated carbocycles. The molecule has 6 nitrogen and oxygen atoms in total. The minimum Gasteiger partial charge on any atom is -0.364 e. The molecule has 0 radical (unpaired) electrons. The van der Waals surface area contributed by atoms with Crippen LogP contribution in [0.25, 0.3) is 0 Å². The maximum absolute atomic E-state index is 11.9. The molecule has 19 heavy (non-hydrogen) atoms. The van der Waals surface area contributed by atoms with E-state index in [1.165, 1.54) is 18.8 Å². The van der Waals surface area contributed by atoms with Crippen LogP contribution in [0, 0.1) is 16.7 Å². The van der Waals surface area contributed by atoms with E-state index in [1.54, 1.807) is 0 Å². The topological polar surface area (TPSA) is 68.9 Å². The second kappa shape index (κ2) is 3.95. The Kier molecular flexibility index (Phi) is 2.88. The van der Waals surface area contributed by atoms with Crippen LogP contribution >= 0.6 is 0 Å². The Balaban J connectivity index is 2.19. The minimum absolute atomic E-state index is 0.239. The molecule has 0 bridgehead atoms. The van der Waals surface area contributed by atoms with Gasteiger partial charge in [0.25, 0.3) is 5.56 Å². The lowest BCUT2D eigenvalue weighted by atomic mass is 10.0. The van der Waals surface area contributed by atoms with E-state index in [0.29, 0.717) is 12.5 Å². The van der Waals surface area contributed by atoms with E-state index in [0.717, 1.165) is 4.57 Å². The second-order valence-electron chi connectivity index (χ2n) is 6.50. The van der Waals surface area contributed by atoms with Crippen molar-refractivity contribution < 1.29 is 0 Å². The van der Waals surface area contributed by atoms with Crippen molar-refractivity contribution in [2.45, 2.75) is 27.7 Å². The van der Waals surface area contributed by atoms with Crippen molar-refractivity contribution in [2.24, 2.45) is 30.8 Å². The average Bonchev–Trinajstić information content (AvgIpc) is 2.70. The summed E-state index contributed by atoms with van der Waals surface area (Å²) in [5.41, 5.74) is -0.278. The van der Waals surface area contributed by atoms with Gasteiger partial charge in [0, 0.05) is 20.6 Å². The molecule has 106 valence electrons. The summed E-state index contributed by atoms with van der Waals surface area (Å²) in [6, 6.07) is 0. The van der Waals surface area contributed by atoms with Crippen LogP contribution < -0.4 is 16.6 Å². The highest BCUT2D eigenvalue weighted by molar-refractivity contribution is 5.31. The highest BCUT2D eigenvalue weighted by Crippen LogP contribution is 2.68. The maximum Gasteiger partial charge on any atom is 0.346 e. The number of aromatic nitrogens is 3. The van der Waals surface area contributed by atoms with Crippen LogP contribution in [0.5, 0.6) is 0 Å². The van der Waals surface area contributed by atoms with Gasteiger partial charge in [-0.05, 0) is 16.7 Å². The minimum atomic E-state index is -0.414. The Bertz CT molecular complexity index is 611. The molecule has 1 heterocycles. The van der Waals surface area contributed by atoms with Gasteiger partial charge in [0.05, 0.1) is 0 Å². The summed E-state index contributed by atoms with van der Waals surface area (Å²) in [5.74, 6) is 0.729. The number of anilines is 1. The maximum atomic E-state index is 11.9. The predicted octanol–water partition coefficient (Wildman–Crippen LogP) is 0.573. The molecule has 2 rings (SSSR count). The van der Waals surface area contributed by atoms with Crippen LogP contribution in [0.4, 0.5) is 5.82 Å². The molecule has 1 aromatic rings. The molecule has 0 saturated heterocycles. The Labute approximate surface area is 112 Å². The third-order valence-corrected chi connectivity index (χ3v) is 5.11. The zero-order valence-corrected chi connectivity index (χ0v) is 12.4. The Morgan fingerprint density at radius 1 is 1.16 bits per heavy atom. The summed E-state index contributed by atoms with van der Waals surface area (Å²) in [6.07, 6.45) is 0. The normalized spacial score (nSPS) is 20.3. The van der Waals surface area contributed by atoms with Gasteiger partial charge >= 0.3 is 5.69 Å². The lowest BCUT2D eigenvalue weighted by Crippen LogP contribution is -2.40. The molecule has 1 aliphatic rings. The summed E-state index contributed by atoms with van der Waals surface area (Å²) in [6.45, 7) is 9.61. The van der Waals surface area contributed by atoms with Crippen LogP contribution in [0.2, 0.25) is 0 Å². The average molecular weight is 266 g/mol. The quantitative estimate of drug-likeness (QED) is 0.868. The van der Waals surface area contributed by atoms with Gasteiger partial charge in [-0.25, -0.2) is 9.48 Å². The van der Waals surface area contributed by atoms with Gasteiger partial charge in [-0.1, -0.05) is 27.7 Å². The molecular formula is C13H22N4O2. The largest absolute Gasteiger partial charge is 0.364 e. The van der Waals surface area contributed by atoms with Crippen molar-refractivity contribution in [3.8, 4) is 0 Å². The first-order valence-corrected chi connectivity index (χ1v) is 6.49. The number of hydrogen-bond donors (Lipinski definition) is 1. The van der Waals surface area contributed by atoms with Crippen molar-refractivity contribution in [3.05, 3.63) is 20.8 Å². The molecule has 0 unspecified atom stereocenters. The Hall–Kier alpha value is -1.59. The van der Waals surface area contributed by atoms with Crippen molar-refractivity contribution >= 4 is 5.82 Å². The van der Waals surface area contributed by atoms with E-state index >= 15 is 0 Å². The van der Waals surface area contributed by atoms with Crippen LogP contribution in [-0.4, -0.2) is 20.9 Å². The van der Waals surface area contributed by atoms with Gasteiger partial charge < -0.3 is 5.32 Å². The monoisotopic (exact) mass is 266 g/mol. The fraction of sp³-hybridized carbons (Fsp3) is 0.769. The molecule has 0 aromatic carbocycles. The van der Waals surface area contributed by atoms with Crippen LogP contribution in [0.1, 0.15) is 27.7 Å². The fourth-order valence-corrected chi connectivity index (χ4v) is 2.85. The van der Waals surface area contributed by atoms with E-state index in [2.05, 4.69) is 38.1 Å². The number of nitrogens with one attached hydrogen (secondary N) is 1.